The van der Waals surface area contributed by atoms with Gasteiger partial charge < -0.3 is 4.74 Å². The van der Waals surface area contributed by atoms with Crippen LogP contribution in [-0.4, -0.2) is 12.7 Å². The second-order valence-corrected chi connectivity index (χ2v) is 5.97. The van der Waals surface area contributed by atoms with Crippen molar-refractivity contribution in [1.82, 2.24) is 0 Å². The van der Waals surface area contributed by atoms with Crippen LogP contribution in [0.5, 0.6) is 0 Å². The van der Waals surface area contributed by atoms with Crippen LogP contribution in [0.15, 0.2) is 12.2 Å². The molecule has 1 nitrogen and oxygen atoms in total. The van der Waals surface area contributed by atoms with Crippen LogP contribution in [0.3, 0.4) is 0 Å². The Morgan fingerprint density at radius 2 is 1.93 bits per heavy atom. The third-order valence-electron chi connectivity index (χ3n) is 4.08. The molecule has 0 aromatic heterocycles. The van der Waals surface area contributed by atoms with E-state index < -0.39 is 0 Å². The Labute approximate surface area is 94.9 Å². The van der Waals surface area contributed by atoms with Gasteiger partial charge in [0.15, 0.2) is 0 Å². The van der Waals surface area contributed by atoms with Gasteiger partial charge in [-0.2, -0.15) is 0 Å². The molecule has 15 heavy (non-hydrogen) atoms. The van der Waals surface area contributed by atoms with E-state index in [2.05, 4.69) is 34.3 Å². The van der Waals surface area contributed by atoms with Crippen LogP contribution in [0.4, 0.5) is 0 Å². The fraction of sp³-hybridized carbons (Fsp3) is 0.857. The summed E-state index contributed by atoms with van der Waals surface area (Å²) in [5.74, 6) is 1.43. The number of ether oxygens (including phenoxy) is 1. The number of hydrogen-bond donors (Lipinski definition) is 0. The third-order valence-corrected chi connectivity index (χ3v) is 4.08. The molecule has 0 aliphatic heterocycles. The van der Waals surface area contributed by atoms with Crippen molar-refractivity contribution in [2.45, 2.75) is 53.6 Å². The smallest absolute Gasteiger partial charge is 0.0675 e. The van der Waals surface area contributed by atoms with E-state index in [4.69, 9.17) is 4.74 Å². The summed E-state index contributed by atoms with van der Waals surface area (Å²) in [5.41, 5.74) is 1.42. The zero-order valence-electron chi connectivity index (χ0n) is 11.0. The van der Waals surface area contributed by atoms with E-state index in [0.29, 0.717) is 24.0 Å². The predicted molar refractivity (Wildman–Crippen MR) is 65.9 cm³/mol. The molecule has 0 radical (unpaired) electrons. The minimum Gasteiger partial charge on any atom is -0.373 e. The standard InChI is InChI=1S/C14H26O/c1-10(2)9-15-13-11(3)7-8-12(4)14(13,5)6/h11-13H,1,7-9H2,2-6H3/t11-,12+,13+/m1/s1. The highest BCUT2D eigenvalue weighted by Gasteiger charge is 2.42. The first-order chi connectivity index (χ1) is 6.85. The van der Waals surface area contributed by atoms with Gasteiger partial charge in [0.1, 0.15) is 0 Å². The Morgan fingerprint density at radius 3 is 2.47 bits per heavy atom. The molecule has 1 heteroatoms. The highest BCUT2D eigenvalue weighted by Crippen LogP contribution is 2.44. The summed E-state index contributed by atoms with van der Waals surface area (Å²) in [5, 5.41) is 0. The van der Waals surface area contributed by atoms with Crippen LogP contribution >= 0.6 is 0 Å². The lowest BCUT2D eigenvalue weighted by molar-refractivity contribution is -0.0973. The molecule has 0 N–H and O–H groups in total. The second kappa shape index (κ2) is 4.69. The van der Waals surface area contributed by atoms with Crippen LogP contribution in [0, 0.1) is 17.3 Å². The highest BCUT2D eigenvalue weighted by atomic mass is 16.5. The van der Waals surface area contributed by atoms with Gasteiger partial charge in [-0.05, 0) is 37.0 Å². The van der Waals surface area contributed by atoms with Crippen molar-refractivity contribution in [3.05, 3.63) is 12.2 Å². The Bertz CT molecular complexity index is 229. The predicted octanol–water partition coefficient (Wildman–Crippen LogP) is 4.04. The zero-order chi connectivity index (χ0) is 11.6. The molecular formula is C14H26O. The van der Waals surface area contributed by atoms with Crippen LogP contribution in [0.2, 0.25) is 0 Å². The molecular weight excluding hydrogens is 184 g/mol. The third kappa shape index (κ3) is 2.84. The van der Waals surface area contributed by atoms with Gasteiger partial charge in [0, 0.05) is 0 Å². The van der Waals surface area contributed by atoms with E-state index in [-0.39, 0.29) is 0 Å². The molecule has 0 aromatic rings. The monoisotopic (exact) mass is 210 g/mol. The second-order valence-electron chi connectivity index (χ2n) is 5.97. The van der Waals surface area contributed by atoms with Gasteiger partial charge in [0.2, 0.25) is 0 Å². The van der Waals surface area contributed by atoms with Crippen molar-refractivity contribution in [2.75, 3.05) is 6.61 Å². The first-order valence-corrected chi connectivity index (χ1v) is 6.11. The molecule has 1 rings (SSSR count). The van der Waals surface area contributed by atoms with E-state index in [1.807, 2.05) is 6.92 Å². The van der Waals surface area contributed by atoms with Crippen molar-refractivity contribution >= 4 is 0 Å². The van der Waals surface area contributed by atoms with Crippen LogP contribution < -0.4 is 0 Å². The largest absolute Gasteiger partial charge is 0.373 e. The minimum atomic E-state index is 0.299. The average Bonchev–Trinajstić information content (AvgIpc) is 2.11. The molecule has 0 saturated heterocycles. The van der Waals surface area contributed by atoms with Crippen LogP contribution in [0.25, 0.3) is 0 Å². The summed E-state index contributed by atoms with van der Waals surface area (Å²) in [7, 11) is 0. The maximum Gasteiger partial charge on any atom is 0.0675 e. The van der Waals surface area contributed by atoms with E-state index in [9.17, 15) is 0 Å². The normalized spacial score (nSPS) is 35.1. The molecule has 1 aliphatic carbocycles. The molecule has 1 aliphatic rings. The molecule has 0 amide bonds. The van der Waals surface area contributed by atoms with Gasteiger partial charge in [0.05, 0.1) is 12.7 Å². The average molecular weight is 210 g/mol. The Kier molecular flexibility index (Phi) is 3.99. The summed E-state index contributed by atoms with van der Waals surface area (Å²) in [6, 6.07) is 0. The summed E-state index contributed by atoms with van der Waals surface area (Å²) < 4.78 is 6.04. The molecule has 0 unspecified atom stereocenters. The van der Waals surface area contributed by atoms with Crippen LogP contribution in [0.1, 0.15) is 47.5 Å². The van der Waals surface area contributed by atoms with Crippen molar-refractivity contribution in [1.29, 1.82) is 0 Å². The van der Waals surface area contributed by atoms with Gasteiger partial charge >= 0.3 is 0 Å². The summed E-state index contributed by atoms with van der Waals surface area (Å²) in [4.78, 5) is 0. The van der Waals surface area contributed by atoms with E-state index in [0.717, 1.165) is 11.5 Å². The first-order valence-electron chi connectivity index (χ1n) is 6.11. The van der Waals surface area contributed by atoms with E-state index in [1.165, 1.54) is 12.8 Å². The molecule has 0 aromatic carbocycles. The van der Waals surface area contributed by atoms with Crippen molar-refractivity contribution in [2.24, 2.45) is 17.3 Å². The van der Waals surface area contributed by atoms with Gasteiger partial charge in [-0.1, -0.05) is 39.8 Å². The lowest BCUT2D eigenvalue weighted by Gasteiger charge is -2.47. The fourth-order valence-corrected chi connectivity index (χ4v) is 2.66. The summed E-state index contributed by atoms with van der Waals surface area (Å²) >= 11 is 0. The topological polar surface area (TPSA) is 9.23 Å². The number of hydrogen-bond acceptors (Lipinski definition) is 1. The highest BCUT2D eigenvalue weighted by molar-refractivity contribution is 4.94. The van der Waals surface area contributed by atoms with Crippen molar-refractivity contribution in [3.63, 3.8) is 0 Å². The quantitative estimate of drug-likeness (QED) is 0.639. The molecule has 0 bridgehead atoms. The zero-order valence-corrected chi connectivity index (χ0v) is 11.0. The lowest BCUT2D eigenvalue weighted by atomic mass is 9.64. The molecule has 1 saturated carbocycles. The molecule has 1 fully saturated rings. The maximum atomic E-state index is 6.04. The maximum absolute atomic E-state index is 6.04. The van der Waals surface area contributed by atoms with E-state index >= 15 is 0 Å². The lowest BCUT2D eigenvalue weighted by Crippen LogP contribution is -2.45. The Morgan fingerprint density at radius 1 is 1.33 bits per heavy atom. The SMILES string of the molecule is C=C(C)CO[C@H]1[C@H](C)CC[C@H](C)C1(C)C. The van der Waals surface area contributed by atoms with E-state index in [1.54, 1.807) is 0 Å². The van der Waals surface area contributed by atoms with Gasteiger partial charge in [-0.15, -0.1) is 0 Å². The fourth-order valence-electron chi connectivity index (χ4n) is 2.66. The van der Waals surface area contributed by atoms with Crippen LogP contribution in [-0.2, 0) is 4.74 Å². The number of rotatable bonds is 3. The summed E-state index contributed by atoms with van der Waals surface area (Å²) in [6.45, 7) is 16.0. The van der Waals surface area contributed by atoms with Crippen molar-refractivity contribution in [3.8, 4) is 0 Å². The first kappa shape index (κ1) is 12.8. The molecule has 3 atom stereocenters. The molecule has 0 heterocycles. The van der Waals surface area contributed by atoms with Gasteiger partial charge in [-0.25, -0.2) is 0 Å². The minimum absolute atomic E-state index is 0.299. The molecule has 88 valence electrons. The Balaban J connectivity index is 2.67. The van der Waals surface area contributed by atoms with Crippen molar-refractivity contribution < 1.29 is 4.74 Å². The van der Waals surface area contributed by atoms with Gasteiger partial charge in [0.25, 0.3) is 0 Å². The van der Waals surface area contributed by atoms with Gasteiger partial charge in [-0.3, -0.25) is 0 Å². The summed E-state index contributed by atoms with van der Waals surface area (Å²) in [6.07, 6.45) is 3.02. The Hall–Kier alpha value is -0.300. The molecule has 0 spiro atoms.